The van der Waals surface area contributed by atoms with Gasteiger partial charge >= 0.3 is 0 Å². The van der Waals surface area contributed by atoms with Crippen LogP contribution in [0.5, 0.6) is 0 Å². The Kier molecular flexibility index (Phi) is 7.34. The molecule has 0 aliphatic carbocycles. The summed E-state index contributed by atoms with van der Waals surface area (Å²) in [5.41, 5.74) is 0. The number of sulfone groups is 1. The van der Waals surface area contributed by atoms with Crippen molar-refractivity contribution in [2.75, 3.05) is 23.0 Å². The Labute approximate surface area is 115 Å². The minimum absolute atomic E-state index is 0.341. The van der Waals surface area contributed by atoms with E-state index in [2.05, 4.69) is 13.8 Å². The molecular weight excluding hydrogens is 272 g/mol. The van der Waals surface area contributed by atoms with Gasteiger partial charge in [0.2, 0.25) is 0 Å². The highest BCUT2D eigenvalue weighted by Gasteiger charge is 2.37. The summed E-state index contributed by atoms with van der Waals surface area (Å²) in [6.45, 7) is 4.36. The third-order valence-corrected chi connectivity index (χ3v) is 8.13. The summed E-state index contributed by atoms with van der Waals surface area (Å²) in [4.78, 5) is 0. The van der Waals surface area contributed by atoms with Gasteiger partial charge in [0, 0.05) is 10.5 Å². The fraction of sp³-hybridized carbons (Fsp3) is 1.00. The molecule has 1 aliphatic heterocycles. The van der Waals surface area contributed by atoms with Crippen LogP contribution in [0.1, 0.15) is 39.5 Å². The highest BCUT2D eigenvalue weighted by molar-refractivity contribution is 8.06. The van der Waals surface area contributed by atoms with Crippen molar-refractivity contribution in [1.29, 1.82) is 0 Å². The molecule has 102 valence electrons. The Morgan fingerprint density at radius 1 is 0.941 bits per heavy atom. The zero-order valence-corrected chi connectivity index (χ0v) is 13.3. The first-order valence-corrected chi connectivity index (χ1v) is 10.4. The molecule has 5 heteroatoms. The third kappa shape index (κ3) is 5.88. The number of hydrogen-bond donors (Lipinski definition) is 0. The van der Waals surface area contributed by atoms with E-state index in [0.717, 1.165) is 11.5 Å². The fourth-order valence-electron chi connectivity index (χ4n) is 1.85. The van der Waals surface area contributed by atoms with Crippen molar-refractivity contribution < 1.29 is 8.42 Å². The predicted octanol–water partition coefficient (Wildman–Crippen LogP) is 3.22. The lowest BCUT2D eigenvalue weighted by molar-refractivity contribution is 0.602. The molecule has 0 spiro atoms. The van der Waals surface area contributed by atoms with E-state index in [0.29, 0.717) is 22.0 Å². The maximum atomic E-state index is 11.7. The van der Waals surface area contributed by atoms with E-state index in [1.54, 1.807) is 0 Å². The maximum absolute atomic E-state index is 11.7. The molecule has 2 atom stereocenters. The zero-order valence-electron chi connectivity index (χ0n) is 10.9. The number of hydrogen-bond acceptors (Lipinski definition) is 4. The van der Waals surface area contributed by atoms with E-state index in [4.69, 9.17) is 0 Å². The molecule has 1 heterocycles. The van der Waals surface area contributed by atoms with Crippen LogP contribution >= 0.6 is 23.5 Å². The topological polar surface area (TPSA) is 34.1 Å². The van der Waals surface area contributed by atoms with Crippen molar-refractivity contribution in [3.8, 4) is 0 Å². The van der Waals surface area contributed by atoms with Crippen molar-refractivity contribution in [2.24, 2.45) is 0 Å². The van der Waals surface area contributed by atoms with Crippen LogP contribution in [-0.2, 0) is 9.84 Å². The predicted molar refractivity (Wildman–Crippen MR) is 81.0 cm³/mol. The molecule has 1 aliphatic rings. The summed E-state index contributed by atoms with van der Waals surface area (Å²) in [5.74, 6) is 3.04. The molecular formula is C12H24O2S3. The van der Waals surface area contributed by atoms with E-state index in [-0.39, 0.29) is 0 Å². The van der Waals surface area contributed by atoms with E-state index in [1.807, 2.05) is 23.5 Å². The third-order valence-electron chi connectivity index (χ3n) is 2.91. The normalized spacial score (nSPS) is 27.4. The summed E-state index contributed by atoms with van der Waals surface area (Å²) in [6.07, 6.45) is 4.79. The van der Waals surface area contributed by atoms with Crippen LogP contribution < -0.4 is 0 Å². The van der Waals surface area contributed by atoms with E-state index < -0.39 is 9.84 Å². The van der Waals surface area contributed by atoms with Gasteiger partial charge in [-0.3, -0.25) is 0 Å². The van der Waals surface area contributed by atoms with Gasteiger partial charge in [0.25, 0.3) is 0 Å². The van der Waals surface area contributed by atoms with Crippen molar-refractivity contribution in [2.45, 2.75) is 50.0 Å². The molecule has 0 N–H and O–H groups in total. The van der Waals surface area contributed by atoms with Gasteiger partial charge in [-0.15, -0.1) is 0 Å². The van der Waals surface area contributed by atoms with Crippen LogP contribution in [0.15, 0.2) is 0 Å². The molecule has 2 nitrogen and oxygen atoms in total. The molecule has 0 bridgehead atoms. The lowest BCUT2D eigenvalue weighted by Gasteiger charge is -2.16. The Morgan fingerprint density at radius 2 is 1.35 bits per heavy atom. The van der Waals surface area contributed by atoms with Crippen LogP contribution in [0.2, 0.25) is 0 Å². The lowest BCUT2D eigenvalue weighted by atomic mass is 10.4. The van der Waals surface area contributed by atoms with E-state index in [1.165, 1.54) is 25.7 Å². The highest BCUT2D eigenvalue weighted by atomic mass is 32.2. The Hall–Kier alpha value is 0.650. The van der Waals surface area contributed by atoms with Gasteiger partial charge in [-0.1, -0.05) is 26.7 Å². The standard InChI is InChI=1S/C12H24O2S3/c1-3-5-7-15-11-9-17(13,14)10-12(11)16-8-6-4-2/h11-12H,3-10H2,1-2H3/t11-,12+. The zero-order chi connectivity index (χ0) is 12.7. The first kappa shape index (κ1) is 15.7. The average molecular weight is 297 g/mol. The second-order valence-corrected chi connectivity index (χ2v) is 9.45. The lowest BCUT2D eigenvalue weighted by Crippen LogP contribution is -2.18. The van der Waals surface area contributed by atoms with Gasteiger partial charge in [0.1, 0.15) is 0 Å². The minimum Gasteiger partial charge on any atom is -0.229 e. The van der Waals surface area contributed by atoms with Crippen LogP contribution in [0.25, 0.3) is 0 Å². The van der Waals surface area contributed by atoms with Gasteiger partial charge in [-0.05, 0) is 24.3 Å². The highest BCUT2D eigenvalue weighted by Crippen LogP contribution is 2.33. The molecule has 1 fully saturated rings. The second-order valence-electron chi connectivity index (χ2n) is 4.60. The van der Waals surface area contributed by atoms with Crippen LogP contribution in [0.4, 0.5) is 0 Å². The van der Waals surface area contributed by atoms with Gasteiger partial charge in [-0.2, -0.15) is 23.5 Å². The summed E-state index contributed by atoms with van der Waals surface area (Å²) >= 11 is 3.75. The van der Waals surface area contributed by atoms with Gasteiger partial charge in [0.05, 0.1) is 11.5 Å². The molecule has 0 radical (unpaired) electrons. The van der Waals surface area contributed by atoms with Crippen molar-refractivity contribution in [1.82, 2.24) is 0 Å². The first-order chi connectivity index (χ1) is 8.09. The Balaban J connectivity index is 2.40. The Morgan fingerprint density at radius 3 is 1.71 bits per heavy atom. The molecule has 1 rings (SSSR count). The van der Waals surface area contributed by atoms with Crippen LogP contribution in [0.3, 0.4) is 0 Å². The van der Waals surface area contributed by atoms with Crippen molar-refractivity contribution >= 4 is 33.4 Å². The van der Waals surface area contributed by atoms with Gasteiger partial charge in [0.15, 0.2) is 9.84 Å². The van der Waals surface area contributed by atoms with Crippen molar-refractivity contribution in [3.63, 3.8) is 0 Å². The van der Waals surface area contributed by atoms with E-state index in [9.17, 15) is 8.42 Å². The maximum Gasteiger partial charge on any atom is 0.152 e. The van der Waals surface area contributed by atoms with Crippen LogP contribution in [-0.4, -0.2) is 41.9 Å². The first-order valence-electron chi connectivity index (χ1n) is 6.52. The quantitative estimate of drug-likeness (QED) is 0.644. The average Bonchev–Trinajstić information content (AvgIpc) is 2.54. The van der Waals surface area contributed by atoms with Crippen molar-refractivity contribution in [3.05, 3.63) is 0 Å². The summed E-state index contributed by atoms with van der Waals surface area (Å²) in [7, 11) is -2.76. The minimum atomic E-state index is -2.76. The largest absolute Gasteiger partial charge is 0.229 e. The second kappa shape index (κ2) is 7.95. The van der Waals surface area contributed by atoms with Gasteiger partial charge in [-0.25, -0.2) is 8.42 Å². The smallest absolute Gasteiger partial charge is 0.152 e. The summed E-state index contributed by atoms with van der Waals surface area (Å²) < 4.78 is 23.4. The Bertz CT molecular complexity index is 277. The molecule has 0 aromatic carbocycles. The number of rotatable bonds is 8. The number of thioether (sulfide) groups is 2. The molecule has 0 saturated carbocycles. The van der Waals surface area contributed by atoms with Crippen LogP contribution in [0, 0.1) is 0 Å². The summed E-state index contributed by atoms with van der Waals surface area (Å²) in [6, 6.07) is 0. The summed E-state index contributed by atoms with van der Waals surface area (Å²) in [5, 5.41) is 0.682. The molecule has 1 saturated heterocycles. The molecule has 0 unspecified atom stereocenters. The number of unbranched alkanes of at least 4 members (excludes halogenated alkanes) is 2. The SMILES string of the molecule is CCCCS[C@H]1CS(=O)(=O)C[C@H]1SCCCC. The molecule has 0 aromatic heterocycles. The van der Waals surface area contributed by atoms with Gasteiger partial charge < -0.3 is 0 Å². The fourth-order valence-corrected chi connectivity index (χ4v) is 8.32. The molecule has 0 aromatic rings. The van der Waals surface area contributed by atoms with E-state index >= 15 is 0 Å². The monoisotopic (exact) mass is 296 g/mol. The molecule has 0 amide bonds. The molecule has 17 heavy (non-hydrogen) atoms.